The van der Waals surface area contributed by atoms with Crippen LogP contribution in [-0.4, -0.2) is 82.0 Å². The topological polar surface area (TPSA) is 189 Å². The Bertz CT molecular complexity index is 1900. The van der Waals surface area contributed by atoms with Crippen LogP contribution in [0.2, 0.25) is 0 Å². The number of rotatable bonds is 10. The van der Waals surface area contributed by atoms with E-state index in [9.17, 15) is 36.5 Å². The minimum atomic E-state index is -4.10. The lowest BCUT2D eigenvalue weighted by molar-refractivity contribution is -0.150. The first-order valence-electron chi connectivity index (χ1n) is 15.1. The fourth-order valence-corrected chi connectivity index (χ4v) is 9.33. The maximum Gasteiger partial charge on any atom is 0.310 e. The predicted octanol–water partition coefficient (Wildman–Crippen LogP) is 4.12. The van der Waals surface area contributed by atoms with Crippen molar-refractivity contribution < 1.29 is 41.1 Å². The average Bonchev–Trinajstić information content (AvgIpc) is 3.06. The van der Waals surface area contributed by atoms with Crippen LogP contribution in [0.15, 0.2) is 51.4 Å². The van der Waals surface area contributed by atoms with Crippen molar-refractivity contribution in [3.05, 3.63) is 41.3 Å². The number of anilines is 1. The van der Waals surface area contributed by atoms with Gasteiger partial charge in [0.2, 0.25) is 20.0 Å². The lowest BCUT2D eigenvalue weighted by Crippen LogP contribution is -2.42. The van der Waals surface area contributed by atoms with E-state index < -0.39 is 43.8 Å². The first kappa shape index (κ1) is 33.7. The highest BCUT2D eigenvalue weighted by molar-refractivity contribution is 7.89. The van der Waals surface area contributed by atoms with Crippen molar-refractivity contribution >= 4 is 64.9 Å². The van der Waals surface area contributed by atoms with Crippen LogP contribution in [-0.2, 0) is 39.1 Å². The molecule has 2 aliphatic rings. The van der Waals surface area contributed by atoms with Gasteiger partial charge in [0.15, 0.2) is 0 Å². The summed E-state index contributed by atoms with van der Waals surface area (Å²) in [5, 5.41) is 14.1. The molecule has 0 amide bonds. The molecule has 0 spiro atoms. The van der Waals surface area contributed by atoms with Crippen LogP contribution in [0.5, 0.6) is 0 Å². The SMILES string of the molecule is CCOC(=O)C1CCCN(S(=O)(=O)c2ccc3c(NO)c4cc(S(=O)(=O)N5CCCC(C(=O)OCC)C5)ccc4c(N=O)c3c2)C1. The summed E-state index contributed by atoms with van der Waals surface area (Å²) >= 11 is 0. The number of carbonyl (C=O) groups excluding carboxylic acids is 2. The third kappa shape index (κ3) is 6.19. The molecule has 2 atom stereocenters. The number of benzene rings is 3. The Kier molecular flexibility index (Phi) is 9.93. The minimum Gasteiger partial charge on any atom is -0.466 e. The lowest BCUT2D eigenvalue weighted by Gasteiger charge is -2.31. The Labute approximate surface area is 266 Å². The minimum absolute atomic E-state index is 0.0433. The number of esters is 2. The van der Waals surface area contributed by atoms with Crippen molar-refractivity contribution in [2.45, 2.75) is 49.3 Å². The van der Waals surface area contributed by atoms with Gasteiger partial charge in [-0.05, 0) is 69.0 Å². The van der Waals surface area contributed by atoms with Gasteiger partial charge in [0.1, 0.15) is 5.69 Å². The van der Waals surface area contributed by atoms with Gasteiger partial charge in [0.05, 0.1) is 40.5 Å². The third-order valence-corrected chi connectivity index (χ3v) is 12.2. The molecule has 0 saturated carbocycles. The van der Waals surface area contributed by atoms with Crippen LogP contribution >= 0.6 is 0 Å². The van der Waals surface area contributed by atoms with Crippen LogP contribution in [0.4, 0.5) is 11.4 Å². The maximum atomic E-state index is 13.7. The first-order valence-corrected chi connectivity index (χ1v) is 18.0. The smallest absolute Gasteiger partial charge is 0.310 e. The van der Waals surface area contributed by atoms with E-state index in [2.05, 4.69) is 10.7 Å². The molecule has 2 saturated heterocycles. The summed E-state index contributed by atoms with van der Waals surface area (Å²) < 4.78 is 67.4. The highest BCUT2D eigenvalue weighted by atomic mass is 32.2. The molecule has 0 bridgehead atoms. The van der Waals surface area contributed by atoms with Crippen LogP contribution < -0.4 is 5.48 Å². The van der Waals surface area contributed by atoms with E-state index in [0.29, 0.717) is 25.7 Å². The van der Waals surface area contributed by atoms with E-state index in [1.165, 1.54) is 45.0 Å². The predicted molar refractivity (Wildman–Crippen MR) is 169 cm³/mol. The van der Waals surface area contributed by atoms with Crippen molar-refractivity contribution in [3.63, 3.8) is 0 Å². The molecule has 0 aliphatic carbocycles. The maximum absolute atomic E-state index is 13.7. The largest absolute Gasteiger partial charge is 0.466 e. The number of hydrogen-bond acceptors (Lipinski definition) is 12. The van der Waals surface area contributed by atoms with Gasteiger partial charge in [0.25, 0.3) is 0 Å². The zero-order valence-electron chi connectivity index (χ0n) is 25.5. The number of piperidine rings is 2. The molecule has 2 fully saturated rings. The van der Waals surface area contributed by atoms with E-state index in [-0.39, 0.29) is 82.1 Å². The number of carbonyl (C=O) groups is 2. The average molecular weight is 677 g/mol. The van der Waals surface area contributed by atoms with Crippen molar-refractivity contribution in [1.82, 2.24) is 8.61 Å². The van der Waals surface area contributed by atoms with Gasteiger partial charge < -0.3 is 9.47 Å². The Hall–Kier alpha value is -3.70. The molecule has 2 heterocycles. The Balaban J connectivity index is 1.55. The standard InChI is InChI=1S/C30H36N4O10S2/c1-3-43-29(35)19-7-5-13-33(17-19)45(39,40)21-9-11-23-25(15-21)27(31-37)24-12-10-22(16-26(24)28(23)32-38)46(41,42)34-14-6-8-20(18-34)30(36)44-4-2/h9-12,15-16,19-20,31,37H,3-8,13-14,17-18H2,1-2H3. The molecule has 2 aliphatic heterocycles. The molecule has 0 aromatic heterocycles. The van der Waals surface area contributed by atoms with Gasteiger partial charge in [-0.2, -0.15) is 8.61 Å². The highest BCUT2D eigenvalue weighted by Crippen LogP contribution is 2.43. The van der Waals surface area contributed by atoms with Crippen LogP contribution in [0.3, 0.4) is 0 Å². The van der Waals surface area contributed by atoms with E-state index >= 15 is 0 Å². The second-order valence-electron chi connectivity index (χ2n) is 11.2. The van der Waals surface area contributed by atoms with Gasteiger partial charge in [0, 0.05) is 47.7 Å². The van der Waals surface area contributed by atoms with Crippen molar-refractivity contribution in [2.24, 2.45) is 17.0 Å². The normalized spacial score (nSPS) is 20.0. The fourth-order valence-electron chi connectivity index (χ4n) is 6.23. The third-order valence-electron chi connectivity index (χ3n) is 8.52. The number of fused-ring (bicyclic) bond motifs is 2. The zero-order chi connectivity index (χ0) is 33.2. The van der Waals surface area contributed by atoms with Crippen molar-refractivity contribution in [2.75, 3.05) is 44.9 Å². The number of nitroso groups, excluding NO2 is 1. The molecule has 3 aromatic rings. The second-order valence-corrected chi connectivity index (χ2v) is 15.1. The van der Waals surface area contributed by atoms with E-state index in [1.54, 1.807) is 13.8 Å². The van der Waals surface area contributed by atoms with Crippen LogP contribution in [0.25, 0.3) is 21.5 Å². The number of sulfonamides is 2. The summed E-state index contributed by atoms with van der Waals surface area (Å²) in [5.74, 6) is -2.11. The van der Waals surface area contributed by atoms with Crippen LogP contribution in [0.1, 0.15) is 39.5 Å². The summed E-state index contributed by atoms with van der Waals surface area (Å²) in [6.45, 7) is 4.04. The molecule has 0 radical (unpaired) electrons. The van der Waals surface area contributed by atoms with Crippen molar-refractivity contribution in [3.8, 4) is 0 Å². The summed E-state index contributed by atoms with van der Waals surface area (Å²) in [5.41, 5.74) is 1.98. The zero-order valence-corrected chi connectivity index (χ0v) is 27.1. The molecular formula is C30H36N4O10S2. The van der Waals surface area contributed by atoms with Crippen LogP contribution in [0, 0.1) is 16.7 Å². The van der Waals surface area contributed by atoms with Gasteiger partial charge in [-0.25, -0.2) is 16.8 Å². The lowest BCUT2D eigenvalue weighted by atomic mass is 9.99. The molecule has 5 rings (SSSR count). The van der Waals surface area contributed by atoms with E-state index in [0.717, 1.165) is 0 Å². The molecule has 2 N–H and O–H groups in total. The molecular weight excluding hydrogens is 640 g/mol. The molecule has 46 heavy (non-hydrogen) atoms. The number of ether oxygens (including phenoxy) is 2. The summed E-state index contributed by atoms with van der Waals surface area (Å²) in [6, 6.07) is 7.98. The van der Waals surface area contributed by atoms with Gasteiger partial charge in [-0.15, -0.1) is 4.91 Å². The number of hydrogen-bond donors (Lipinski definition) is 2. The van der Waals surface area contributed by atoms with Crippen molar-refractivity contribution in [1.29, 1.82) is 0 Å². The Morgan fingerprint density at radius 1 is 0.804 bits per heavy atom. The molecule has 2 unspecified atom stereocenters. The molecule has 248 valence electrons. The Morgan fingerprint density at radius 2 is 1.28 bits per heavy atom. The van der Waals surface area contributed by atoms with E-state index in [1.807, 2.05) is 0 Å². The summed E-state index contributed by atoms with van der Waals surface area (Å²) in [7, 11) is -8.20. The summed E-state index contributed by atoms with van der Waals surface area (Å²) in [4.78, 5) is 36.6. The highest BCUT2D eigenvalue weighted by Gasteiger charge is 2.36. The second kappa shape index (κ2) is 13.6. The fraction of sp³-hybridized carbons (Fsp3) is 0.467. The molecule has 3 aromatic carbocycles. The molecule has 16 heteroatoms. The Morgan fingerprint density at radius 3 is 1.74 bits per heavy atom. The number of nitrogens with zero attached hydrogens (tertiary/aromatic N) is 3. The molecule has 14 nitrogen and oxygen atoms in total. The van der Waals surface area contributed by atoms with Gasteiger partial charge in [-0.1, -0.05) is 12.1 Å². The monoisotopic (exact) mass is 676 g/mol. The quantitative estimate of drug-likeness (QED) is 0.136. The van der Waals surface area contributed by atoms with Gasteiger partial charge in [-0.3, -0.25) is 20.3 Å². The number of nitrogens with one attached hydrogen (secondary N) is 1. The first-order chi connectivity index (χ1) is 22.0. The summed E-state index contributed by atoms with van der Waals surface area (Å²) in [6.07, 6.45) is 1.94. The van der Waals surface area contributed by atoms with E-state index in [4.69, 9.17) is 9.47 Å². The van der Waals surface area contributed by atoms with Gasteiger partial charge >= 0.3 is 11.9 Å².